The molecule has 2 heteroatoms. The van der Waals surface area contributed by atoms with Gasteiger partial charge in [0, 0.05) is 18.6 Å². The minimum absolute atomic E-state index is 0.302. The Labute approximate surface area is 107 Å². The Bertz CT molecular complexity index is 237. The van der Waals surface area contributed by atoms with Crippen molar-refractivity contribution in [1.82, 2.24) is 10.2 Å². The molecule has 1 aliphatic carbocycles. The lowest BCUT2D eigenvalue weighted by molar-refractivity contribution is 0.162. The largest absolute Gasteiger partial charge is 0.310 e. The minimum Gasteiger partial charge on any atom is -0.310 e. The molecule has 0 bridgehead atoms. The second kappa shape index (κ2) is 5.71. The Hall–Kier alpha value is -0.0800. The quantitative estimate of drug-likeness (QED) is 0.796. The molecule has 17 heavy (non-hydrogen) atoms. The zero-order valence-electron chi connectivity index (χ0n) is 12.0. The number of nitrogens with one attached hydrogen (secondary N) is 1. The van der Waals surface area contributed by atoms with Crippen LogP contribution in [-0.4, -0.2) is 36.6 Å². The lowest BCUT2D eigenvalue weighted by atomic mass is 9.82. The Morgan fingerprint density at radius 3 is 2.82 bits per heavy atom. The summed E-state index contributed by atoms with van der Waals surface area (Å²) in [5, 5.41) is 3.66. The maximum atomic E-state index is 3.66. The predicted molar refractivity (Wildman–Crippen MR) is 74.3 cm³/mol. The van der Waals surface area contributed by atoms with E-state index in [1.165, 1.54) is 58.3 Å². The van der Waals surface area contributed by atoms with Gasteiger partial charge in [-0.15, -0.1) is 0 Å². The predicted octanol–water partition coefficient (Wildman–Crippen LogP) is 2.89. The van der Waals surface area contributed by atoms with E-state index in [0.29, 0.717) is 5.54 Å². The third-order valence-electron chi connectivity index (χ3n) is 4.43. The van der Waals surface area contributed by atoms with Crippen LogP contribution < -0.4 is 5.32 Å². The lowest BCUT2D eigenvalue weighted by Crippen LogP contribution is -2.47. The molecule has 0 radical (unpaired) electrons. The SMILES string of the molecule is CC1CCCC(CN2CCCNC(C)(C)C2)C1. The van der Waals surface area contributed by atoms with Crippen LogP contribution in [0.2, 0.25) is 0 Å². The highest BCUT2D eigenvalue weighted by atomic mass is 15.2. The van der Waals surface area contributed by atoms with E-state index in [0.717, 1.165) is 11.8 Å². The summed E-state index contributed by atoms with van der Waals surface area (Å²) in [6.07, 6.45) is 7.16. The van der Waals surface area contributed by atoms with E-state index < -0.39 is 0 Å². The molecule has 0 aromatic rings. The molecule has 1 aliphatic heterocycles. The highest BCUT2D eigenvalue weighted by Crippen LogP contribution is 2.29. The van der Waals surface area contributed by atoms with Crippen LogP contribution in [0.4, 0.5) is 0 Å². The molecule has 2 nitrogen and oxygen atoms in total. The lowest BCUT2D eigenvalue weighted by Gasteiger charge is -2.35. The first kappa shape index (κ1) is 13.4. The summed E-state index contributed by atoms with van der Waals surface area (Å²) >= 11 is 0. The summed E-state index contributed by atoms with van der Waals surface area (Å²) in [6.45, 7) is 12.2. The highest BCUT2D eigenvalue weighted by molar-refractivity contribution is 4.86. The van der Waals surface area contributed by atoms with Gasteiger partial charge in [0.05, 0.1) is 0 Å². The Morgan fingerprint density at radius 2 is 2.06 bits per heavy atom. The van der Waals surface area contributed by atoms with Gasteiger partial charge in [0.25, 0.3) is 0 Å². The molecular formula is C15H30N2. The maximum absolute atomic E-state index is 3.66. The highest BCUT2D eigenvalue weighted by Gasteiger charge is 2.27. The molecule has 2 atom stereocenters. The van der Waals surface area contributed by atoms with Gasteiger partial charge in [0.2, 0.25) is 0 Å². The van der Waals surface area contributed by atoms with Gasteiger partial charge < -0.3 is 10.2 Å². The van der Waals surface area contributed by atoms with Crippen molar-refractivity contribution in [1.29, 1.82) is 0 Å². The van der Waals surface area contributed by atoms with Crippen molar-refractivity contribution in [2.24, 2.45) is 11.8 Å². The summed E-state index contributed by atoms with van der Waals surface area (Å²) in [7, 11) is 0. The molecule has 1 saturated heterocycles. The molecule has 100 valence electrons. The number of hydrogen-bond acceptors (Lipinski definition) is 2. The monoisotopic (exact) mass is 238 g/mol. The van der Waals surface area contributed by atoms with E-state index in [2.05, 4.69) is 31.0 Å². The molecule has 0 amide bonds. The van der Waals surface area contributed by atoms with Crippen LogP contribution in [0.3, 0.4) is 0 Å². The zero-order chi connectivity index (χ0) is 12.3. The normalized spacial score (nSPS) is 35.5. The molecular weight excluding hydrogens is 208 g/mol. The molecule has 2 fully saturated rings. The van der Waals surface area contributed by atoms with Crippen molar-refractivity contribution in [2.75, 3.05) is 26.2 Å². The fourth-order valence-electron chi connectivity index (χ4n) is 3.67. The first-order chi connectivity index (χ1) is 8.05. The van der Waals surface area contributed by atoms with Gasteiger partial charge in [-0.2, -0.15) is 0 Å². The van der Waals surface area contributed by atoms with Crippen molar-refractivity contribution >= 4 is 0 Å². The number of nitrogens with zero attached hydrogens (tertiary/aromatic N) is 1. The van der Waals surface area contributed by atoms with Crippen LogP contribution >= 0.6 is 0 Å². The van der Waals surface area contributed by atoms with Gasteiger partial charge in [-0.3, -0.25) is 0 Å². The number of hydrogen-bond donors (Lipinski definition) is 1. The molecule has 2 unspecified atom stereocenters. The van der Waals surface area contributed by atoms with Crippen LogP contribution in [0, 0.1) is 11.8 Å². The molecule has 0 spiro atoms. The molecule has 2 rings (SSSR count). The third-order valence-corrected chi connectivity index (χ3v) is 4.43. The molecule has 1 N–H and O–H groups in total. The summed E-state index contributed by atoms with van der Waals surface area (Å²) in [4.78, 5) is 2.71. The number of rotatable bonds is 2. The van der Waals surface area contributed by atoms with E-state index >= 15 is 0 Å². The summed E-state index contributed by atoms with van der Waals surface area (Å²) in [5.41, 5.74) is 0.302. The minimum atomic E-state index is 0.302. The maximum Gasteiger partial charge on any atom is 0.0252 e. The van der Waals surface area contributed by atoms with Crippen molar-refractivity contribution in [2.45, 2.75) is 58.4 Å². The van der Waals surface area contributed by atoms with Crippen LogP contribution in [0.15, 0.2) is 0 Å². The van der Waals surface area contributed by atoms with Crippen LogP contribution in [0.25, 0.3) is 0 Å². The molecule has 0 aromatic carbocycles. The average molecular weight is 238 g/mol. The van der Waals surface area contributed by atoms with Crippen LogP contribution in [0.1, 0.15) is 52.9 Å². The zero-order valence-corrected chi connectivity index (χ0v) is 12.0. The molecule has 1 heterocycles. The molecule has 1 saturated carbocycles. The van der Waals surface area contributed by atoms with Gasteiger partial charge in [0.15, 0.2) is 0 Å². The summed E-state index contributed by atoms with van der Waals surface area (Å²) in [5.74, 6) is 1.93. The first-order valence-electron chi connectivity index (χ1n) is 7.52. The second-order valence-corrected chi connectivity index (χ2v) is 7.04. The van der Waals surface area contributed by atoms with Gasteiger partial charge in [0.1, 0.15) is 0 Å². The topological polar surface area (TPSA) is 15.3 Å². The summed E-state index contributed by atoms with van der Waals surface area (Å²) in [6, 6.07) is 0. The fourth-order valence-corrected chi connectivity index (χ4v) is 3.67. The van der Waals surface area contributed by atoms with Crippen molar-refractivity contribution in [3.8, 4) is 0 Å². The van der Waals surface area contributed by atoms with E-state index in [-0.39, 0.29) is 0 Å². The smallest absolute Gasteiger partial charge is 0.0252 e. The first-order valence-corrected chi connectivity index (χ1v) is 7.52. The summed E-state index contributed by atoms with van der Waals surface area (Å²) < 4.78 is 0. The third kappa shape index (κ3) is 4.26. The fraction of sp³-hybridized carbons (Fsp3) is 1.00. The molecule has 0 aromatic heterocycles. The Morgan fingerprint density at radius 1 is 1.24 bits per heavy atom. The van der Waals surface area contributed by atoms with E-state index in [1.807, 2.05) is 0 Å². The molecule has 2 aliphatic rings. The Balaban J connectivity index is 1.84. The van der Waals surface area contributed by atoms with Crippen molar-refractivity contribution in [3.05, 3.63) is 0 Å². The van der Waals surface area contributed by atoms with Crippen LogP contribution in [-0.2, 0) is 0 Å². The standard InChI is InChI=1S/C15H30N2/c1-13-6-4-7-14(10-13)11-17-9-5-8-16-15(2,3)12-17/h13-14,16H,4-12H2,1-3H3. The van der Waals surface area contributed by atoms with E-state index in [9.17, 15) is 0 Å². The van der Waals surface area contributed by atoms with Crippen molar-refractivity contribution < 1.29 is 0 Å². The van der Waals surface area contributed by atoms with E-state index in [4.69, 9.17) is 0 Å². The Kier molecular flexibility index (Phi) is 4.48. The van der Waals surface area contributed by atoms with Gasteiger partial charge in [-0.05, 0) is 58.0 Å². The van der Waals surface area contributed by atoms with Gasteiger partial charge in [-0.25, -0.2) is 0 Å². The van der Waals surface area contributed by atoms with Gasteiger partial charge in [-0.1, -0.05) is 19.8 Å². The average Bonchev–Trinajstić information content (AvgIpc) is 2.39. The van der Waals surface area contributed by atoms with Gasteiger partial charge >= 0.3 is 0 Å². The van der Waals surface area contributed by atoms with E-state index in [1.54, 1.807) is 0 Å². The second-order valence-electron chi connectivity index (χ2n) is 7.04. The van der Waals surface area contributed by atoms with Crippen molar-refractivity contribution in [3.63, 3.8) is 0 Å². The van der Waals surface area contributed by atoms with Crippen LogP contribution in [0.5, 0.6) is 0 Å².